The first-order valence-electron chi connectivity index (χ1n) is 8.93. The SMILES string of the molecule is NC(=O)c1ccc2c3cccc4cccc(c5c(S(=O)(=O)O)cc(C(N)=O)c1c25)c43. The van der Waals surface area contributed by atoms with Crippen LogP contribution in [0.15, 0.2) is 59.5 Å². The molecule has 5 aromatic rings. The summed E-state index contributed by atoms with van der Waals surface area (Å²) in [6.45, 7) is 0. The molecule has 0 aliphatic rings. The predicted octanol–water partition coefficient (Wildman–Crippen LogP) is 3.18. The Morgan fingerprint density at radius 2 is 1.30 bits per heavy atom. The Morgan fingerprint density at radius 1 is 0.700 bits per heavy atom. The lowest BCUT2D eigenvalue weighted by molar-refractivity contribution is 0.0998. The number of carbonyl (C=O) groups excluding carboxylic acids is 2. The van der Waals surface area contributed by atoms with Gasteiger partial charge in [-0.05, 0) is 39.1 Å². The highest BCUT2D eigenvalue weighted by molar-refractivity contribution is 7.86. The van der Waals surface area contributed by atoms with Gasteiger partial charge in [0.15, 0.2) is 0 Å². The van der Waals surface area contributed by atoms with Crippen LogP contribution in [-0.2, 0) is 10.1 Å². The first-order valence-corrected chi connectivity index (χ1v) is 10.4. The summed E-state index contributed by atoms with van der Waals surface area (Å²) < 4.78 is 34.6. The van der Waals surface area contributed by atoms with Gasteiger partial charge in [-0.3, -0.25) is 14.1 Å². The van der Waals surface area contributed by atoms with Crippen LogP contribution in [0.2, 0.25) is 0 Å². The first-order chi connectivity index (χ1) is 14.2. The minimum atomic E-state index is -4.73. The van der Waals surface area contributed by atoms with Gasteiger partial charge in [0.05, 0.1) is 0 Å². The highest BCUT2D eigenvalue weighted by atomic mass is 32.2. The molecule has 0 aromatic heterocycles. The minimum absolute atomic E-state index is 0.0391. The van der Waals surface area contributed by atoms with Gasteiger partial charge in [-0.25, -0.2) is 0 Å². The Bertz CT molecular complexity index is 1670. The summed E-state index contributed by atoms with van der Waals surface area (Å²) >= 11 is 0. The van der Waals surface area contributed by atoms with E-state index >= 15 is 0 Å². The Morgan fingerprint density at radius 3 is 1.90 bits per heavy atom. The van der Waals surface area contributed by atoms with E-state index in [1.807, 2.05) is 24.3 Å². The normalized spacial score (nSPS) is 12.3. The molecule has 0 saturated heterocycles. The highest BCUT2D eigenvalue weighted by Gasteiger charge is 2.27. The Balaban J connectivity index is 2.29. The minimum Gasteiger partial charge on any atom is -0.366 e. The maximum absolute atomic E-state index is 12.3. The number of rotatable bonds is 3. The van der Waals surface area contributed by atoms with Gasteiger partial charge in [0.1, 0.15) is 4.90 Å². The lowest BCUT2D eigenvalue weighted by Crippen LogP contribution is -2.17. The molecule has 0 aliphatic carbocycles. The fourth-order valence-corrected chi connectivity index (χ4v) is 5.15. The average molecular weight is 418 g/mol. The largest absolute Gasteiger partial charge is 0.366 e. The van der Waals surface area contributed by atoms with Crippen LogP contribution in [0, 0.1) is 0 Å². The maximum Gasteiger partial charge on any atom is 0.295 e. The lowest BCUT2D eigenvalue weighted by Gasteiger charge is -2.19. The first kappa shape index (κ1) is 18.3. The third-order valence-electron chi connectivity index (χ3n) is 5.52. The third kappa shape index (κ3) is 2.31. The molecule has 0 spiro atoms. The maximum atomic E-state index is 12.3. The van der Waals surface area contributed by atoms with Crippen molar-refractivity contribution in [1.29, 1.82) is 0 Å². The molecule has 30 heavy (non-hydrogen) atoms. The molecule has 0 atom stereocenters. The van der Waals surface area contributed by atoms with Crippen molar-refractivity contribution in [2.24, 2.45) is 11.5 Å². The van der Waals surface area contributed by atoms with Crippen molar-refractivity contribution in [3.8, 4) is 0 Å². The number of hydrogen-bond donors (Lipinski definition) is 3. The highest BCUT2D eigenvalue weighted by Crippen LogP contribution is 2.44. The van der Waals surface area contributed by atoms with E-state index < -0.39 is 26.8 Å². The van der Waals surface area contributed by atoms with Crippen LogP contribution < -0.4 is 11.5 Å². The molecule has 0 aliphatic heterocycles. The van der Waals surface area contributed by atoms with Crippen LogP contribution in [0.4, 0.5) is 0 Å². The van der Waals surface area contributed by atoms with Crippen LogP contribution >= 0.6 is 0 Å². The van der Waals surface area contributed by atoms with Gasteiger partial charge in [-0.2, -0.15) is 8.42 Å². The second-order valence-electron chi connectivity index (χ2n) is 7.12. The molecule has 0 heterocycles. The number of primary amides is 2. The zero-order chi connectivity index (χ0) is 21.4. The van der Waals surface area contributed by atoms with Crippen molar-refractivity contribution in [3.63, 3.8) is 0 Å². The van der Waals surface area contributed by atoms with Gasteiger partial charge in [-0.15, -0.1) is 0 Å². The van der Waals surface area contributed by atoms with Crippen molar-refractivity contribution in [2.75, 3.05) is 0 Å². The van der Waals surface area contributed by atoms with E-state index in [4.69, 9.17) is 11.5 Å². The average Bonchev–Trinajstić information content (AvgIpc) is 2.69. The van der Waals surface area contributed by atoms with E-state index in [1.165, 1.54) is 6.07 Å². The van der Waals surface area contributed by atoms with Crippen LogP contribution in [0.25, 0.3) is 43.1 Å². The molecular weight excluding hydrogens is 404 g/mol. The van der Waals surface area contributed by atoms with E-state index in [2.05, 4.69) is 0 Å². The molecule has 5 aromatic carbocycles. The summed E-state index contributed by atoms with van der Waals surface area (Å²) in [5, 5.41) is 4.37. The van der Waals surface area contributed by atoms with Crippen LogP contribution in [0.3, 0.4) is 0 Å². The Labute approximate surface area is 169 Å². The topological polar surface area (TPSA) is 141 Å². The van der Waals surface area contributed by atoms with E-state index in [9.17, 15) is 22.6 Å². The van der Waals surface area contributed by atoms with Crippen LogP contribution in [-0.4, -0.2) is 24.8 Å². The van der Waals surface area contributed by atoms with Crippen LogP contribution in [0.1, 0.15) is 20.7 Å². The van der Waals surface area contributed by atoms with Crippen molar-refractivity contribution < 1.29 is 22.6 Å². The molecule has 0 bridgehead atoms. The second kappa shape index (κ2) is 5.88. The lowest BCUT2D eigenvalue weighted by atomic mass is 9.86. The summed E-state index contributed by atoms with van der Waals surface area (Å²) in [6.07, 6.45) is 0. The summed E-state index contributed by atoms with van der Waals surface area (Å²) in [5.41, 5.74) is 10.9. The van der Waals surface area contributed by atoms with Gasteiger partial charge in [0.25, 0.3) is 10.1 Å². The molecule has 0 saturated carbocycles. The molecule has 0 radical (unpaired) electrons. The van der Waals surface area contributed by atoms with E-state index in [1.54, 1.807) is 18.2 Å². The smallest absolute Gasteiger partial charge is 0.295 e. The fraction of sp³-hybridized carbons (Fsp3) is 0. The third-order valence-corrected chi connectivity index (χ3v) is 6.40. The number of nitrogens with two attached hydrogens (primary N) is 2. The Hall–Kier alpha value is -3.75. The molecule has 8 heteroatoms. The number of hydrogen-bond acceptors (Lipinski definition) is 4. The van der Waals surface area contributed by atoms with Crippen molar-refractivity contribution in [2.45, 2.75) is 4.90 Å². The molecule has 148 valence electrons. The van der Waals surface area contributed by atoms with Crippen molar-refractivity contribution in [3.05, 3.63) is 65.7 Å². The summed E-state index contributed by atoms with van der Waals surface area (Å²) in [6, 6.07) is 15.2. The zero-order valence-corrected chi connectivity index (χ0v) is 16.2. The fourth-order valence-electron chi connectivity index (χ4n) is 4.41. The summed E-state index contributed by atoms with van der Waals surface area (Å²) in [5.74, 6) is -1.73. The van der Waals surface area contributed by atoms with E-state index in [0.717, 1.165) is 22.2 Å². The van der Waals surface area contributed by atoms with Gasteiger partial charge in [0.2, 0.25) is 11.8 Å². The monoisotopic (exact) mass is 418 g/mol. The number of fused-ring (bicyclic) bond motifs is 2. The number of benzene rings is 5. The predicted molar refractivity (Wildman–Crippen MR) is 115 cm³/mol. The summed E-state index contributed by atoms with van der Waals surface area (Å²) in [7, 11) is -4.73. The molecule has 0 unspecified atom stereocenters. The van der Waals surface area contributed by atoms with Crippen LogP contribution in [0.5, 0.6) is 0 Å². The molecule has 2 amide bonds. The van der Waals surface area contributed by atoms with Gasteiger partial charge < -0.3 is 11.5 Å². The quantitative estimate of drug-likeness (QED) is 0.234. The standard InChI is InChI=1S/C22H14N2O5S/c23-21(25)14-8-7-12-11-5-1-3-10-4-2-6-13(17(10)11)19-16(30(27,28)29)9-15(22(24)26)18(14)20(12)19/h1-9H,(H2,23,25)(H2,24,26)(H,27,28,29). The second-order valence-corrected chi connectivity index (χ2v) is 8.51. The molecule has 7 nitrogen and oxygen atoms in total. The zero-order valence-electron chi connectivity index (χ0n) is 15.3. The van der Waals surface area contributed by atoms with Gasteiger partial charge in [0, 0.05) is 27.3 Å². The molecule has 0 fully saturated rings. The van der Waals surface area contributed by atoms with E-state index in [-0.39, 0.29) is 21.9 Å². The number of carbonyl (C=O) groups is 2. The molecule has 5 rings (SSSR count). The van der Waals surface area contributed by atoms with Gasteiger partial charge in [-0.1, -0.05) is 42.5 Å². The molecular formula is C22H14N2O5S. The Kier molecular flexibility index (Phi) is 3.59. The van der Waals surface area contributed by atoms with E-state index in [0.29, 0.717) is 16.2 Å². The number of amides is 2. The molecule has 5 N–H and O–H groups in total. The summed E-state index contributed by atoms with van der Waals surface area (Å²) in [4.78, 5) is 23.9. The van der Waals surface area contributed by atoms with Crippen molar-refractivity contribution in [1.82, 2.24) is 0 Å². The van der Waals surface area contributed by atoms with Crippen molar-refractivity contribution >= 4 is 65.0 Å². The van der Waals surface area contributed by atoms with Gasteiger partial charge >= 0.3 is 0 Å².